The zero-order valence-corrected chi connectivity index (χ0v) is 21.2. The summed E-state index contributed by atoms with van der Waals surface area (Å²) in [6, 6.07) is 8.71. The van der Waals surface area contributed by atoms with Crippen LogP contribution in [0, 0.1) is 23.7 Å². The van der Waals surface area contributed by atoms with Gasteiger partial charge in [0, 0.05) is 42.8 Å². The van der Waals surface area contributed by atoms with E-state index in [0.717, 1.165) is 18.4 Å². The SMILES string of the molecule is COc1cccc(C#Cc2cnc3c(c2)C(=O)N([C@H](C)CO)C[C@H](C)[C@@H](CN(C)C(=O)C2CC2)O3)c1. The number of fused-ring (bicyclic) bond motifs is 1. The molecule has 190 valence electrons. The molecule has 4 rings (SSSR count). The van der Waals surface area contributed by atoms with Crippen LogP contribution in [0.4, 0.5) is 0 Å². The monoisotopic (exact) mass is 491 g/mol. The van der Waals surface area contributed by atoms with Crippen molar-refractivity contribution in [3.8, 4) is 23.5 Å². The van der Waals surface area contributed by atoms with E-state index in [1.807, 2.05) is 38.1 Å². The Morgan fingerprint density at radius 2 is 2.06 bits per heavy atom. The van der Waals surface area contributed by atoms with Gasteiger partial charge < -0.3 is 24.4 Å². The lowest BCUT2D eigenvalue weighted by Gasteiger charge is -2.37. The molecule has 1 aromatic carbocycles. The smallest absolute Gasteiger partial charge is 0.259 e. The molecule has 1 fully saturated rings. The predicted molar refractivity (Wildman–Crippen MR) is 135 cm³/mol. The summed E-state index contributed by atoms with van der Waals surface area (Å²) in [4.78, 5) is 33.9. The van der Waals surface area contributed by atoms with Gasteiger partial charge in [0.15, 0.2) is 0 Å². The number of carbonyl (C=O) groups is 2. The number of carbonyl (C=O) groups excluding carboxylic acids is 2. The zero-order chi connectivity index (χ0) is 25.8. The van der Waals surface area contributed by atoms with Gasteiger partial charge in [-0.1, -0.05) is 24.8 Å². The van der Waals surface area contributed by atoms with E-state index < -0.39 is 0 Å². The Bertz CT molecular complexity index is 1180. The van der Waals surface area contributed by atoms with Crippen LogP contribution >= 0.6 is 0 Å². The van der Waals surface area contributed by atoms with Crippen LogP contribution in [0.15, 0.2) is 36.5 Å². The number of nitrogens with zero attached hydrogens (tertiary/aromatic N) is 3. The summed E-state index contributed by atoms with van der Waals surface area (Å²) in [6.07, 6.45) is 3.09. The van der Waals surface area contributed by atoms with Crippen molar-refractivity contribution in [2.75, 3.05) is 33.9 Å². The standard InChI is InChI=1S/C28H33N3O5/c1-18-15-31(19(2)17-32)28(34)24-13-21(9-8-20-6-5-7-23(12-20)35-4)14-29-26(24)36-25(18)16-30(3)27(33)22-10-11-22/h5-7,12-14,18-19,22,25,32H,10-11,15-17H2,1-4H3/t18-,19+,25+/m0/s1. The van der Waals surface area contributed by atoms with E-state index in [1.54, 1.807) is 36.2 Å². The summed E-state index contributed by atoms with van der Waals surface area (Å²) >= 11 is 0. The van der Waals surface area contributed by atoms with Crippen molar-refractivity contribution < 1.29 is 24.2 Å². The van der Waals surface area contributed by atoms with Gasteiger partial charge >= 0.3 is 0 Å². The summed E-state index contributed by atoms with van der Waals surface area (Å²) in [6.45, 7) is 4.41. The number of hydrogen-bond acceptors (Lipinski definition) is 6. The molecule has 1 aliphatic heterocycles. The van der Waals surface area contributed by atoms with E-state index in [2.05, 4.69) is 16.8 Å². The summed E-state index contributed by atoms with van der Waals surface area (Å²) < 4.78 is 11.5. The molecule has 36 heavy (non-hydrogen) atoms. The van der Waals surface area contributed by atoms with Crippen LogP contribution < -0.4 is 9.47 Å². The average Bonchev–Trinajstić information content (AvgIpc) is 3.74. The average molecular weight is 492 g/mol. The van der Waals surface area contributed by atoms with Crippen molar-refractivity contribution in [1.82, 2.24) is 14.8 Å². The molecule has 2 aliphatic rings. The highest BCUT2D eigenvalue weighted by molar-refractivity contribution is 5.97. The number of likely N-dealkylation sites (N-methyl/N-ethyl adjacent to an activating group) is 1. The number of pyridine rings is 1. The number of ether oxygens (including phenoxy) is 2. The number of aromatic nitrogens is 1. The molecule has 0 unspecified atom stereocenters. The summed E-state index contributed by atoms with van der Waals surface area (Å²) in [5, 5.41) is 9.83. The van der Waals surface area contributed by atoms with Crippen LogP contribution in [0.3, 0.4) is 0 Å². The van der Waals surface area contributed by atoms with Gasteiger partial charge in [-0.3, -0.25) is 9.59 Å². The highest BCUT2D eigenvalue weighted by atomic mass is 16.5. The quantitative estimate of drug-likeness (QED) is 0.625. The third-order valence-electron chi connectivity index (χ3n) is 6.70. The molecule has 8 heteroatoms. The second-order valence-electron chi connectivity index (χ2n) is 9.67. The lowest BCUT2D eigenvalue weighted by molar-refractivity contribution is -0.132. The number of methoxy groups -OCH3 is 1. The van der Waals surface area contributed by atoms with Gasteiger partial charge in [0.25, 0.3) is 5.91 Å². The maximum atomic E-state index is 13.5. The van der Waals surface area contributed by atoms with Crippen molar-refractivity contribution >= 4 is 11.8 Å². The molecule has 8 nitrogen and oxygen atoms in total. The minimum atomic E-state index is -0.385. The van der Waals surface area contributed by atoms with Crippen LogP contribution in [0.25, 0.3) is 0 Å². The molecule has 3 atom stereocenters. The van der Waals surface area contributed by atoms with Crippen LogP contribution in [-0.4, -0.2) is 77.7 Å². The van der Waals surface area contributed by atoms with Crippen LogP contribution in [-0.2, 0) is 4.79 Å². The van der Waals surface area contributed by atoms with E-state index >= 15 is 0 Å². The van der Waals surface area contributed by atoms with E-state index in [4.69, 9.17) is 9.47 Å². The number of aliphatic hydroxyl groups is 1. The molecule has 1 saturated carbocycles. The molecule has 0 radical (unpaired) electrons. The third kappa shape index (κ3) is 5.80. The fourth-order valence-electron chi connectivity index (χ4n) is 4.24. The molecule has 1 N–H and O–H groups in total. The molecule has 0 saturated heterocycles. The zero-order valence-electron chi connectivity index (χ0n) is 21.2. The lowest BCUT2D eigenvalue weighted by atomic mass is 9.99. The number of rotatable bonds is 6. The number of hydrogen-bond donors (Lipinski definition) is 1. The van der Waals surface area contributed by atoms with Gasteiger partial charge in [-0.2, -0.15) is 0 Å². The normalized spacial score (nSPS) is 20.1. The highest BCUT2D eigenvalue weighted by Gasteiger charge is 2.37. The fourth-order valence-corrected chi connectivity index (χ4v) is 4.24. The van der Waals surface area contributed by atoms with Gasteiger partial charge in [0.05, 0.1) is 26.3 Å². The van der Waals surface area contributed by atoms with Gasteiger partial charge in [0.2, 0.25) is 11.8 Å². The Kier molecular flexibility index (Phi) is 7.80. The molecule has 2 amide bonds. The number of benzene rings is 1. The summed E-state index contributed by atoms with van der Waals surface area (Å²) in [7, 11) is 3.39. The molecular weight excluding hydrogens is 458 g/mol. The Balaban J connectivity index is 1.65. The Morgan fingerprint density at radius 3 is 2.75 bits per heavy atom. The van der Waals surface area contributed by atoms with Gasteiger partial charge in [-0.25, -0.2) is 4.98 Å². The van der Waals surface area contributed by atoms with Crippen molar-refractivity contribution in [1.29, 1.82) is 0 Å². The fraction of sp³-hybridized carbons (Fsp3) is 0.464. The second kappa shape index (κ2) is 11.0. The van der Waals surface area contributed by atoms with Crippen molar-refractivity contribution in [2.24, 2.45) is 11.8 Å². The Morgan fingerprint density at radius 1 is 1.31 bits per heavy atom. The van der Waals surface area contributed by atoms with Crippen molar-refractivity contribution in [3.05, 3.63) is 53.2 Å². The first-order valence-electron chi connectivity index (χ1n) is 12.3. The Hall–Kier alpha value is -3.57. The van der Waals surface area contributed by atoms with E-state index in [0.29, 0.717) is 30.0 Å². The van der Waals surface area contributed by atoms with Crippen LogP contribution in [0.1, 0.15) is 48.2 Å². The molecule has 2 aromatic rings. The first-order valence-corrected chi connectivity index (χ1v) is 12.3. The third-order valence-corrected chi connectivity index (χ3v) is 6.70. The van der Waals surface area contributed by atoms with Crippen molar-refractivity contribution in [2.45, 2.75) is 38.8 Å². The molecule has 1 aromatic heterocycles. The molecule has 2 heterocycles. The predicted octanol–water partition coefficient (Wildman–Crippen LogP) is 2.58. The van der Waals surface area contributed by atoms with E-state index in [9.17, 15) is 14.7 Å². The maximum Gasteiger partial charge on any atom is 0.259 e. The van der Waals surface area contributed by atoms with Gasteiger partial charge in [0.1, 0.15) is 17.4 Å². The minimum absolute atomic E-state index is 0.0834. The first-order chi connectivity index (χ1) is 17.3. The Labute approximate surface area is 212 Å². The van der Waals surface area contributed by atoms with Gasteiger partial charge in [-0.15, -0.1) is 0 Å². The first kappa shape index (κ1) is 25.5. The lowest BCUT2D eigenvalue weighted by Crippen LogP contribution is -2.50. The van der Waals surface area contributed by atoms with Crippen molar-refractivity contribution in [3.63, 3.8) is 0 Å². The summed E-state index contributed by atoms with van der Waals surface area (Å²) in [5.41, 5.74) is 1.63. The molecule has 1 aliphatic carbocycles. The van der Waals surface area contributed by atoms with E-state index in [-0.39, 0.29) is 48.3 Å². The van der Waals surface area contributed by atoms with Crippen LogP contribution in [0.2, 0.25) is 0 Å². The topological polar surface area (TPSA) is 92.2 Å². The second-order valence-corrected chi connectivity index (χ2v) is 9.67. The largest absolute Gasteiger partial charge is 0.497 e. The minimum Gasteiger partial charge on any atom is -0.497 e. The highest BCUT2D eigenvalue weighted by Crippen LogP contribution is 2.32. The van der Waals surface area contributed by atoms with Gasteiger partial charge in [-0.05, 0) is 44.0 Å². The van der Waals surface area contributed by atoms with Crippen LogP contribution in [0.5, 0.6) is 11.6 Å². The molecule has 0 bridgehead atoms. The molecule has 0 spiro atoms. The molecular formula is C28H33N3O5. The number of aliphatic hydroxyl groups excluding tert-OH is 1. The summed E-state index contributed by atoms with van der Waals surface area (Å²) in [5.74, 6) is 6.96. The maximum absolute atomic E-state index is 13.5. The van der Waals surface area contributed by atoms with E-state index in [1.165, 1.54) is 0 Å². The number of amides is 2.